The van der Waals surface area contributed by atoms with Gasteiger partial charge in [-0.3, -0.25) is 0 Å². The van der Waals surface area contributed by atoms with Gasteiger partial charge in [-0.05, 0) is 26.2 Å². The van der Waals surface area contributed by atoms with Gasteiger partial charge in [0.05, 0.1) is 19.3 Å². The third kappa shape index (κ3) is 2.66. The van der Waals surface area contributed by atoms with E-state index in [1.165, 1.54) is 0 Å². The monoisotopic (exact) mass is 234 g/mol. The van der Waals surface area contributed by atoms with Crippen molar-refractivity contribution in [1.29, 1.82) is 0 Å². The summed E-state index contributed by atoms with van der Waals surface area (Å²) < 4.78 is 11.1. The summed E-state index contributed by atoms with van der Waals surface area (Å²) in [6.45, 7) is 8.57. The fourth-order valence-corrected chi connectivity index (χ4v) is 3.09. The summed E-state index contributed by atoms with van der Waals surface area (Å²) in [5.74, 6) is 0. The topological polar surface area (TPSA) is 18.5 Å². The molecule has 2 unspecified atom stereocenters. The van der Waals surface area contributed by atoms with Crippen molar-refractivity contribution >= 4 is 11.6 Å². The van der Waals surface area contributed by atoms with Crippen LogP contribution >= 0.6 is 11.6 Å². The van der Waals surface area contributed by atoms with E-state index in [9.17, 15) is 0 Å². The van der Waals surface area contributed by atoms with Crippen LogP contribution in [0.25, 0.3) is 0 Å². The fraction of sp³-hybridized carbons (Fsp3) is 1.00. The molecule has 1 aliphatic rings. The zero-order valence-electron chi connectivity index (χ0n) is 10.1. The van der Waals surface area contributed by atoms with Gasteiger partial charge in [0.15, 0.2) is 0 Å². The maximum absolute atomic E-state index is 6.30. The first kappa shape index (κ1) is 13.3. The summed E-state index contributed by atoms with van der Waals surface area (Å²) in [6, 6.07) is 0. The lowest BCUT2D eigenvalue weighted by atomic mass is 9.62. The van der Waals surface area contributed by atoms with E-state index < -0.39 is 0 Å². The van der Waals surface area contributed by atoms with Crippen LogP contribution in [0.2, 0.25) is 0 Å². The van der Waals surface area contributed by atoms with E-state index in [1.807, 2.05) is 6.92 Å². The largest absolute Gasteiger partial charge is 0.379 e. The highest BCUT2D eigenvalue weighted by Crippen LogP contribution is 2.51. The molecule has 1 aliphatic carbocycles. The summed E-state index contributed by atoms with van der Waals surface area (Å²) in [5, 5.41) is 0.296. The van der Waals surface area contributed by atoms with Gasteiger partial charge in [0.25, 0.3) is 0 Å². The van der Waals surface area contributed by atoms with Crippen LogP contribution in [0.15, 0.2) is 0 Å². The minimum atomic E-state index is 0.216. The van der Waals surface area contributed by atoms with Crippen LogP contribution in [-0.4, -0.2) is 31.3 Å². The average molecular weight is 235 g/mol. The van der Waals surface area contributed by atoms with E-state index in [-0.39, 0.29) is 5.41 Å². The summed E-state index contributed by atoms with van der Waals surface area (Å²) >= 11 is 6.30. The lowest BCUT2D eigenvalue weighted by molar-refractivity contribution is -0.121. The van der Waals surface area contributed by atoms with Crippen molar-refractivity contribution in [3.05, 3.63) is 0 Å². The van der Waals surface area contributed by atoms with Crippen molar-refractivity contribution in [1.82, 2.24) is 0 Å². The molecule has 15 heavy (non-hydrogen) atoms. The van der Waals surface area contributed by atoms with Crippen LogP contribution in [0.1, 0.15) is 40.0 Å². The second-order valence-electron chi connectivity index (χ2n) is 4.20. The Balaban J connectivity index is 2.30. The van der Waals surface area contributed by atoms with Gasteiger partial charge in [-0.15, -0.1) is 11.6 Å². The third-order valence-corrected chi connectivity index (χ3v) is 4.37. The molecule has 2 atom stereocenters. The summed E-state index contributed by atoms with van der Waals surface area (Å²) in [5.41, 5.74) is 0.216. The second-order valence-corrected chi connectivity index (χ2v) is 4.73. The Kier molecular flexibility index (Phi) is 5.37. The van der Waals surface area contributed by atoms with Gasteiger partial charge in [-0.2, -0.15) is 0 Å². The summed E-state index contributed by atoms with van der Waals surface area (Å²) in [6.07, 6.45) is 3.55. The molecule has 2 nitrogen and oxygen atoms in total. The summed E-state index contributed by atoms with van der Waals surface area (Å²) in [7, 11) is 0. The Morgan fingerprint density at radius 3 is 2.33 bits per heavy atom. The predicted octanol–water partition coefficient (Wildman–Crippen LogP) is 3.23. The lowest BCUT2D eigenvalue weighted by Crippen LogP contribution is -2.55. The number of alkyl halides is 1. The fourth-order valence-electron chi connectivity index (χ4n) is 2.47. The Bertz CT molecular complexity index is 180. The van der Waals surface area contributed by atoms with Crippen LogP contribution < -0.4 is 0 Å². The molecule has 0 aromatic carbocycles. The molecule has 1 fully saturated rings. The second kappa shape index (κ2) is 6.07. The quantitative estimate of drug-likeness (QED) is 0.498. The van der Waals surface area contributed by atoms with Crippen LogP contribution in [0.4, 0.5) is 0 Å². The summed E-state index contributed by atoms with van der Waals surface area (Å²) in [4.78, 5) is 0. The van der Waals surface area contributed by atoms with Crippen LogP contribution in [0.5, 0.6) is 0 Å². The highest BCUT2D eigenvalue weighted by atomic mass is 35.5. The van der Waals surface area contributed by atoms with Gasteiger partial charge in [0.1, 0.15) is 0 Å². The maximum Gasteiger partial charge on any atom is 0.0704 e. The molecule has 0 aromatic rings. The number of halogens is 1. The standard InChI is InChI=1S/C12H23ClO2/c1-4-12(5-2)10(13)9-11(12)15-8-7-14-6-3/h10-11H,4-9H2,1-3H3. The average Bonchev–Trinajstić information content (AvgIpc) is 2.24. The van der Waals surface area contributed by atoms with Crippen LogP contribution in [0, 0.1) is 5.41 Å². The van der Waals surface area contributed by atoms with Gasteiger partial charge >= 0.3 is 0 Å². The van der Waals surface area contributed by atoms with Gasteiger partial charge in [-0.25, -0.2) is 0 Å². The minimum Gasteiger partial charge on any atom is -0.379 e. The number of ether oxygens (including phenoxy) is 2. The van der Waals surface area contributed by atoms with Crippen LogP contribution in [-0.2, 0) is 9.47 Å². The first-order valence-electron chi connectivity index (χ1n) is 6.04. The molecule has 0 spiro atoms. The number of rotatable bonds is 7. The zero-order chi connectivity index (χ0) is 11.3. The highest BCUT2D eigenvalue weighted by Gasteiger charge is 2.52. The molecule has 3 heteroatoms. The van der Waals surface area contributed by atoms with Gasteiger partial charge in [0.2, 0.25) is 0 Å². The molecule has 0 amide bonds. The first-order valence-corrected chi connectivity index (χ1v) is 6.48. The van der Waals surface area contributed by atoms with E-state index in [2.05, 4.69) is 13.8 Å². The van der Waals surface area contributed by atoms with E-state index in [4.69, 9.17) is 21.1 Å². The molecule has 0 N–H and O–H groups in total. The van der Waals surface area contributed by atoms with Gasteiger partial charge < -0.3 is 9.47 Å². The Morgan fingerprint density at radius 2 is 1.87 bits per heavy atom. The number of hydrogen-bond donors (Lipinski definition) is 0. The van der Waals surface area contributed by atoms with E-state index >= 15 is 0 Å². The zero-order valence-corrected chi connectivity index (χ0v) is 10.8. The van der Waals surface area contributed by atoms with Crippen molar-refractivity contribution < 1.29 is 9.47 Å². The molecule has 0 bridgehead atoms. The molecule has 0 saturated heterocycles. The van der Waals surface area contributed by atoms with Crippen molar-refractivity contribution in [3.63, 3.8) is 0 Å². The normalized spacial score (nSPS) is 28.8. The molecular formula is C12H23ClO2. The molecular weight excluding hydrogens is 212 g/mol. The molecule has 0 radical (unpaired) electrons. The van der Waals surface area contributed by atoms with Crippen molar-refractivity contribution in [3.8, 4) is 0 Å². The van der Waals surface area contributed by atoms with Gasteiger partial charge in [-0.1, -0.05) is 13.8 Å². The molecule has 1 rings (SSSR count). The van der Waals surface area contributed by atoms with Crippen molar-refractivity contribution in [2.24, 2.45) is 5.41 Å². The van der Waals surface area contributed by atoms with E-state index in [0.29, 0.717) is 24.7 Å². The molecule has 90 valence electrons. The molecule has 0 heterocycles. The Morgan fingerprint density at radius 1 is 1.20 bits per heavy atom. The third-order valence-electron chi connectivity index (χ3n) is 3.75. The Hall–Kier alpha value is 0.210. The lowest BCUT2D eigenvalue weighted by Gasteiger charge is -2.52. The highest BCUT2D eigenvalue weighted by molar-refractivity contribution is 6.21. The first-order chi connectivity index (χ1) is 7.21. The van der Waals surface area contributed by atoms with E-state index in [1.54, 1.807) is 0 Å². The SMILES string of the molecule is CCOCCOC1CC(Cl)C1(CC)CC. The molecule has 1 saturated carbocycles. The molecule has 0 aliphatic heterocycles. The Labute approximate surface area is 98.3 Å². The van der Waals surface area contributed by atoms with Crippen molar-refractivity contribution in [2.45, 2.75) is 51.5 Å². The van der Waals surface area contributed by atoms with Crippen molar-refractivity contribution in [2.75, 3.05) is 19.8 Å². The molecule has 0 aromatic heterocycles. The maximum atomic E-state index is 6.30. The predicted molar refractivity (Wildman–Crippen MR) is 63.5 cm³/mol. The van der Waals surface area contributed by atoms with E-state index in [0.717, 1.165) is 25.9 Å². The minimum absolute atomic E-state index is 0.216. The van der Waals surface area contributed by atoms with Gasteiger partial charge in [0, 0.05) is 17.4 Å². The smallest absolute Gasteiger partial charge is 0.0704 e. The number of hydrogen-bond acceptors (Lipinski definition) is 2. The van der Waals surface area contributed by atoms with Crippen LogP contribution in [0.3, 0.4) is 0 Å².